The number of hydrogen-bond donors (Lipinski definition) is 1. The number of anilines is 2. The summed E-state index contributed by atoms with van der Waals surface area (Å²) in [5.74, 6) is 3.41. The van der Waals surface area contributed by atoms with Crippen LogP contribution < -0.4 is 5.32 Å². The summed E-state index contributed by atoms with van der Waals surface area (Å²) in [6.07, 6.45) is 7.06. The zero-order valence-corrected chi connectivity index (χ0v) is 14.4. The van der Waals surface area contributed by atoms with E-state index in [1.54, 1.807) is 6.33 Å². The molecule has 4 aromatic rings. The van der Waals surface area contributed by atoms with Crippen molar-refractivity contribution in [2.24, 2.45) is 0 Å². The van der Waals surface area contributed by atoms with Crippen molar-refractivity contribution in [1.29, 1.82) is 0 Å². The summed E-state index contributed by atoms with van der Waals surface area (Å²) in [5.41, 5.74) is 6.17. The van der Waals surface area contributed by atoms with Gasteiger partial charge in [-0.25, -0.2) is 9.97 Å². The van der Waals surface area contributed by atoms with E-state index in [2.05, 4.69) is 64.5 Å². The van der Waals surface area contributed by atoms with E-state index in [4.69, 9.17) is 6.42 Å². The zero-order valence-electron chi connectivity index (χ0n) is 14.4. The summed E-state index contributed by atoms with van der Waals surface area (Å²) < 4.78 is 0. The molecule has 1 heterocycles. The third kappa shape index (κ3) is 3.13. The van der Waals surface area contributed by atoms with Crippen molar-refractivity contribution in [3.05, 3.63) is 84.2 Å². The van der Waals surface area contributed by atoms with Crippen LogP contribution in [0.1, 0.15) is 11.1 Å². The summed E-state index contributed by atoms with van der Waals surface area (Å²) in [7, 11) is 0. The second-order valence-electron chi connectivity index (χ2n) is 6.17. The van der Waals surface area contributed by atoms with Crippen LogP contribution in [0.2, 0.25) is 0 Å². The lowest BCUT2D eigenvalue weighted by atomic mass is 10.0. The fraction of sp³-hybridized carbons (Fsp3) is 0.0435. The fourth-order valence-electron chi connectivity index (χ4n) is 2.91. The number of hydrogen-bond acceptors (Lipinski definition) is 3. The molecule has 0 aliphatic heterocycles. The van der Waals surface area contributed by atoms with Crippen molar-refractivity contribution >= 4 is 22.4 Å². The first kappa shape index (κ1) is 15.9. The predicted octanol–water partition coefficient (Wildman–Crippen LogP) is 5.33. The van der Waals surface area contributed by atoms with Gasteiger partial charge in [-0.3, -0.25) is 0 Å². The van der Waals surface area contributed by atoms with Crippen molar-refractivity contribution in [3.63, 3.8) is 0 Å². The third-order valence-corrected chi connectivity index (χ3v) is 4.31. The molecule has 26 heavy (non-hydrogen) atoms. The molecule has 1 aromatic heterocycles. The van der Waals surface area contributed by atoms with Crippen LogP contribution in [-0.4, -0.2) is 9.97 Å². The van der Waals surface area contributed by atoms with E-state index in [1.165, 1.54) is 11.1 Å². The quantitative estimate of drug-likeness (QED) is 0.514. The first-order chi connectivity index (χ1) is 12.7. The maximum Gasteiger partial charge on any atom is 0.141 e. The van der Waals surface area contributed by atoms with Crippen LogP contribution in [0, 0.1) is 19.3 Å². The lowest BCUT2D eigenvalue weighted by Crippen LogP contribution is -1.96. The molecule has 0 bridgehead atoms. The number of nitrogens with one attached hydrogen (secondary N) is 1. The van der Waals surface area contributed by atoms with Gasteiger partial charge in [0.2, 0.25) is 0 Å². The Bertz CT molecular complexity index is 1120. The topological polar surface area (TPSA) is 37.8 Å². The number of nitrogens with zero attached hydrogens (tertiary/aromatic N) is 2. The molecule has 0 aliphatic rings. The second kappa shape index (κ2) is 6.70. The van der Waals surface area contributed by atoms with Gasteiger partial charge in [-0.1, -0.05) is 47.9 Å². The van der Waals surface area contributed by atoms with Crippen molar-refractivity contribution < 1.29 is 0 Å². The summed E-state index contributed by atoms with van der Waals surface area (Å²) in [5, 5.41) is 4.33. The largest absolute Gasteiger partial charge is 0.340 e. The van der Waals surface area contributed by atoms with Crippen molar-refractivity contribution in [3.8, 4) is 23.5 Å². The number of aryl methyl sites for hydroxylation is 1. The highest BCUT2D eigenvalue weighted by Gasteiger charge is 2.07. The van der Waals surface area contributed by atoms with E-state index in [9.17, 15) is 0 Å². The maximum atomic E-state index is 5.49. The Morgan fingerprint density at radius 1 is 0.885 bits per heavy atom. The summed E-state index contributed by atoms with van der Waals surface area (Å²) in [6, 6.07) is 22.4. The summed E-state index contributed by atoms with van der Waals surface area (Å²) in [6.45, 7) is 2.09. The van der Waals surface area contributed by atoms with Crippen LogP contribution in [0.3, 0.4) is 0 Å². The normalized spacial score (nSPS) is 10.5. The minimum Gasteiger partial charge on any atom is -0.340 e. The molecule has 1 N–H and O–H groups in total. The molecule has 3 nitrogen and oxygen atoms in total. The van der Waals surface area contributed by atoms with Crippen LogP contribution in [0.5, 0.6) is 0 Å². The van der Waals surface area contributed by atoms with Gasteiger partial charge in [-0.2, -0.15) is 0 Å². The van der Waals surface area contributed by atoms with Crippen molar-refractivity contribution in [2.75, 3.05) is 5.32 Å². The minimum atomic E-state index is 0.762. The Morgan fingerprint density at radius 2 is 1.69 bits per heavy atom. The molecule has 3 aromatic carbocycles. The monoisotopic (exact) mass is 335 g/mol. The number of benzene rings is 3. The number of terminal acetylenes is 1. The lowest BCUT2D eigenvalue weighted by molar-refractivity contribution is 1.22. The maximum absolute atomic E-state index is 5.49. The third-order valence-electron chi connectivity index (χ3n) is 4.31. The molecule has 0 aliphatic carbocycles. The molecule has 0 radical (unpaired) electrons. The molecule has 0 atom stereocenters. The Kier molecular flexibility index (Phi) is 4.09. The van der Waals surface area contributed by atoms with E-state index in [0.717, 1.165) is 33.5 Å². The first-order valence-electron chi connectivity index (χ1n) is 8.38. The molecular weight excluding hydrogens is 318 g/mol. The molecule has 124 valence electrons. The average Bonchev–Trinajstić information content (AvgIpc) is 2.69. The van der Waals surface area contributed by atoms with Crippen LogP contribution in [-0.2, 0) is 0 Å². The molecule has 3 heteroatoms. The van der Waals surface area contributed by atoms with Gasteiger partial charge < -0.3 is 5.32 Å². The molecule has 0 unspecified atom stereocenters. The molecule has 0 amide bonds. The highest BCUT2D eigenvalue weighted by Crippen LogP contribution is 2.28. The average molecular weight is 335 g/mol. The van der Waals surface area contributed by atoms with Crippen molar-refractivity contribution in [2.45, 2.75) is 6.92 Å². The smallest absolute Gasteiger partial charge is 0.141 e. The zero-order chi connectivity index (χ0) is 17.9. The lowest BCUT2D eigenvalue weighted by Gasteiger charge is -2.10. The van der Waals surface area contributed by atoms with Crippen LogP contribution >= 0.6 is 0 Å². The van der Waals surface area contributed by atoms with Gasteiger partial charge in [-0.15, -0.1) is 6.42 Å². The van der Waals surface area contributed by atoms with Gasteiger partial charge >= 0.3 is 0 Å². The SMILES string of the molecule is C#Cc1cccc(Nc2ncnc3ccc(-c4ccc(C)cc4)cc23)c1. The molecule has 0 saturated heterocycles. The second-order valence-corrected chi connectivity index (χ2v) is 6.17. The fourth-order valence-corrected chi connectivity index (χ4v) is 2.91. The highest BCUT2D eigenvalue weighted by atomic mass is 15.0. The van der Waals surface area contributed by atoms with Gasteiger partial charge in [0.15, 0.2) is 0 Å². The summed E-state index contributed by atoms with van der Waals surface area (Å²) >= 11 is 0. The molecule has 4 rings (SSSR count). The van der Waals surface area contributed by atoms with Crippen LogP contribution in [0.4, 0.5) is 11.5 Å². The van der Waals surface area contributed by atoms with Gasteiger partial charge in [0.1, 0.15) is 12.1 Å². The Labute approximate surface area is 152 Å². The van der Waals surface area contributed by atoms with Crippen LogP contribution in [0.15, 0.2) is 73.1 Å². The number of aromatic nitrogens is 2. The van der Waals surface area contributed by atoms with Gasteiger partial charge in [0.25, 0.3) is 0 Å². The van der Waals surface area contributed by atoms with Crippen LogP contribution in [0.25, 0.3) is 22.0 Å². The molecule has 0 fully saturated rings. The van der Waals surface area contributed by atoms with E-state index < -0.39 is 0 Å². The Hall–Kier alpha value is -3.64. The van der Waals surface area contributed by atoms with Gasteiger partial charge in [0.05, 0.1) is 5.52 Å². The first-order valence-corrected chi connectivity index (χ1v) is 8.38. The molecular formula is C23H17N3. The van der Waals surface area contributed by atoms with Gasteiger partial charge in [0, 0.05) is 16.6 Å². The standard InChI is InChI=1S/C23H17N3/c1-3-17-5-4-6-20(13-17)26-23-21-14-19(11-12-22(21)24-15-25-23)18-9-7-16(2)8-10-18/h1,4-15H,2H3,(H,24,25,26). The highest BCUT2D eigenvalue weighted by molar-refractivity contribution is 5.93. The predicted molar refractivity (Wildman–Crippen MR) is 107 cm³/mol. The van der Waals surface area contributed by atoms with E-state index >= 15 is 0 Å². The van der Waals surface area contributed by atoms with E-state index in [1.807, 2.05) is 30.3 Å². The van der Waals surface area contributed by atoms with Gasteiger partial charge in [-0.05, 0) is 48.4 Å². The van der Waals surface area contributed by atoms with E-state index in [-0.39, 0.29) is 0 Å². The number of fused-ring (bicyclic) bond motifs is 1. The van der Waals surface area contributed by atoms with E-state index in [0.29, 0.717) is 0 Å². The number of rotatable bonds is 3. The minimum absolute atomic E-state index is 0.762. The Morgan fingerprint density at radius 3 is 2.50 bits per heavy atom. The molecule has 0 saturated carbocycles. The van der Waals surface area contributed by atoms with Crippen molar-refractivity contribution in [1.82, 2.24) is 9.97 Å². The Balaban J connectivity index is 1.78. The molecule has 0 spiro atoms. The summed E-state index contributed by atoms with van der Waals surface area (Å²) in [4.78, 5) is 8.82.